The quantitative estimate of drug-likeness (QED) is 0.250. The van der Waals surface area contributed by atoms with E-state index in [-0.39, 0.29) is 30.8 Å². The van der Waals surface area contributed by atoms with Gasteiger partial charge in [-0.3, -0.25) is 9.59 Å². The van der Waals surface area contributed by atoms with Gasteiger partial charge < -0.3 is 15.7 Å². The molecule has 2 rings (SSSR count). The number of carbonyl (C=O) groups excluding carboxylic acids is 1. The number of hydrogen-bond acceptors (Lipinski definition) is 5. The van der Waals surface area contributed by atoms with E-state index in [0.717, 1.165) is 31.2 Å². The summed E-state index contributed by atoms with van der Waals surface area (Å²) in [5.41, 5.74) is 2.22. The van der Waals surface area contributed by atoms with Crippen LogP contribution in [-0.2, 0) is 20.7 Å². The molecule has 24 heavy (non-hydrogen) atoms. The summed E-state index contributed by atoms with van der Waals surface area (Å²) in [6, 6.07) is 8.07. The number of carboxylic acids is 1. The molecule has 6 nitrogen and oxygen atoms in total. The van der Waals surface area contributed by atoms with Gasteiger partial charge in [0.15, 0.2) is 0 Å². The molecule has 3 N–H and O–H groups in total. The fourth-order valence-corrected chi connectivity index (χ4v) is 3.11. The minimum Gasteiger partial charge on any atom is -0.481 e. The number of nitrogens with two attached hydrogens (primary N) is 1. The Kier molecular flexibility index (Phi) is 6.78. The SMILES string of the molecule is NN=Cc1ccc(CCCCC2CC(CC(=O)O)CC(=O)O2)cc1. The number of ether oxygens (including phenoxy) is 1. The van der Waals surface area contributed by atoms with Crippen molar-refractivity contribution >= 4 is 18.2 Å². The molecule has 2 atom stereocenters. The highest BCUT2D eigenvalue weighted by molar-refractivity contribution is 5.79. The summed E-state index contributed by atoms with van der Waals surface area (Å²) >= 11 is 0. The summed E-state index contributed by atoms with van der Waals surface area (Å²) in [6.07, 6.45) is 6.09. The van der Waals surface area contributed by atoms with Crippen molar-refractivity contribution in [2.75, 3.05) is 0 Å². The van der Waals surface area contributed by atoms with Gasteiger partial charge in [-0.1, -0.05) is 24.3 Å². The lowest BCUT2D eigenvalue weighted by Crippen LogP contribution is -2.30. The van der Waals surface area contributed by atoms with Crippen molar-refractivity contribution in [1.82, 2.24) is 0 Å². The van der Waals surface area contributed by atoms with E-state index >= 15 is 0 Å². The van der Waals surface area contributed by atoms with Crippen LogP contribution in [0.1, 0.15) is 49.7 Å². The maximum absolute atomic E-state index is 11.6. The number of carbonyl (C=O) groups is 2. The Hall–Kier alpha value is -2.37. The number of benzene rings is 1. The Morgan fingerprint density at radius 2 is 2.08 bits per heavy atom. The Labute approximate surface area is 141 Å². The van der Waals surface area contributed by atoms with Crippen molar-refractivity contribution in [3.63, 3.8) is 0 Å². The number of rotatable bonds is 8. The van der Waals surface area contributed by atoms with E-state index in [0.29, 0.717) is 6.42 Å². The Balaban J connectivity index is 1.71. The van der Waals surface area contributed by atoms with Gasteiger partial charge in [0, 0.05) is 12.8 Å². The van der Waals surface area contributed by atoms with Crippen molar-refractivity contribution in [3.8, 4) is 0 Å². The zero-order valence-electron chi connectivity index (χ0n) is 13.7. The number of aliphatic carboxylic acids is 1. The van der Waals surface area contributed by atoms with Gasteiger partial charge in [0.25, 0.3) is 0 Å². The van der Waals surface area contributed by atoms with Crippen molar-refractivity contribution in [2.24, 2.45) is 16.9 Å². The molecule has 0 spiro atoms. The first kappa shape index (κ1) is 18.0. The normalized spacial score (nSPS) is 20.9. The number of unbranched alkanes of at least 4 members (excludes halogenated alkanes) is 1. The van der Waals surface area contributed by atoms with Crippen molar-refractivity contribution in [1.29, 1.82) is 0 Å². The first-order valence-electron chi connectivity index (χ1n) is 8.30. The molecular formula is C18H24N2O4. The molecule has 2 unspecified atom stereocenters. The average molecular weight is 332 g/mol. The van der Waals surface area contributed by atoms with Gasteiger partial charge in [-0.15, -0.1) is 0 Å². The van der Waals surface area contributed by atoms with Crippen LogP contribution in [0.2, 0.25) is 0 Å². The second-order valence-corrected chi connectivity index (χ2v) is 6.28. The predicted molar refractivity (Wildman–Crippen MR) is 90.6 cm³/mol. The summed E-state index contributed by atoms with van der Waals surface area (Å²) in [5, 5.41) is 12.4. The Morgan fingerprint density at radius 1 is 1.33 bits per heavy atom. The van der Waals surface area contributed by atoms with Crippen molar-refractivity contribution in [2.45, 2.75) is 51.0 Å². The number of carboxylic acid groups (broad SMARTS) is 1. The molecule has 1 aliphatic rings. The van der Waals surface area contributed by atoms with Crippen LogP contribution in [0.5, 0.6) is 0 Å². The highest BCUT2D eigenvalue weighted by Gasteiger charge is 2.29. The van der Waals surface area contributed by atoms with Crippen LogP contribution in [0.4, 0.5) is 0 Å². The number of aryl methyl sites for hydroxylation is 1. The first-order valence-corrected chi connectivity index (χ1v) is 8.30. The van der Waals surface area contributed by atoms with E-state index in [9.17, 15) is 9.59 Å². The number of hydrazone groups is 1. The standard InChI is InChI=1S/C18H24N2O4/c19-20-12-14-7-5-13(6-8-14)3-1-2-4-16-9-15(10-17(21)22)11-18(23)24-16/h5-8,12,15-16H,1-4,9-11,19H2,(H,21,22). The molecule has 0 amide bonds. The molecule has 0 saturated carbocycles. The van der Waals surface area contributed by atoms with Gasteiger partial charge in [0.1, 0.15) is 6.10 Å². The average Bonchev–Trinajstić information content (AvgIpc) is 2.52. The molecule has 0 aromatic heterocycles. The predicted octanol–water partition coefficient (Wildman–Crippen LogP) is 2.49. The molecule has 1 aromatic carbocycles. The molecule has 0 radical (unpaired) electrons. The monoisotopic (exact) mass is 332 g/mol. The number of nitrogens with zero attached hydrogens (tertiary/aromatic N) is 1. The number of cyclic esters (lactones) is 1. The largest absolute Gasteiger partial charge is 0.481 e. The maximum atomic E-state index is 11.6. The van der Waals surface area contributed by atoms with Crippen LogP contribution < -0.4 is 5.84 Å². The summed E-state index contributed by atoms with van der Waals surface area (Å²) in [7, 11) is 0. The number of hydrogen-bond donors (Lipinski definition) is 2. The smallest absolute Gasteiger partial charge is 0.306 e. The lowest BCUT2D eigenvalue weighted by atomic mass is 9.90. The van der Waals surface area contributed by atoms with Gasteiger partial charge >= 0.3 is 11.9 Å². The maximum Gasteiger partial charge on any atom is 0.306 e. The summed E-state index contributed by atoms with van der Waals surface area (Å²) in [4.78, 5) is 22.4. The third kappa shape index (κ3) is 6.02. The van der Waals surface area contributed by atoms with Crippen LogP contribution in [0.25, 0.3) is 0 Å². The van der Waals surface area contributed by atoms with E-state index in [4.69, 9.17) is 15.7 Å². The van der Waals surface area contributed by atoms with Crippen molar-refractivity contribution in [3.05, 3.63) is 35.4 Å². The third-order valence-corrected chi connectivity index (χ3v) is 4.26. The lowest BCUT2D eigenvalue weighted by molar-refractivity contribution is -0.158. The second kappa shape index (κ2) is 9.05. The van der Waals surface area contributed by atoms with E-state index in [1.165, 1.54) is 5.56 Å². The lowest BCUT2D eigenvalue weighted by Gasteiger charge is -2.28. The molecule has 0 aliphatic carbocycles. The molecule has 130 valence electrons. The van der Waals surface area contributed by atoms with Crippen molar-refractivity contribution < 1.29 is 19.4 Å². The van der Waals surface area contributed by atoms with Crippen LogP contribution >= 0.6 is 0 Å². The van der Waals surface area contributed by atoms with E-state index in [1.54, 1.807) is 6.21 Å². The minimum absolute atomic E-state index is 0.0457. The Bertz CT molecular complexity index is 581. The zero-order chi connectivity index (χ0) is 17.4. The summed E-state index contributed by atoms with van der Waals surface area (Å²) < 4.78 is 5.33. The van der Waals surface area contributed by atoms with Crippen LogP contribution in [0.15, 0.2) is 29.4 Å². The van der Waals surface area contributed by atoms with Gasteiger partial charge in [0.2, 0.25) is 0 Å². The first-order chi connectivity index (χ1) is 11.6. The molecule has 1 aromatic rings. The van der Waals surface area contributed by atoms with E-state index in [2.05, 4.69) is 17.2 Å². The van der Waals surface area contributed by atoms with E-state index < -0.39 is 5.97 Å². The minimum atomic E-state index is -0.850. The van der Waals surface area contributed by atoms with Gasteiger partial charge in [0.05, 0.1) is 6.21 Å². The van der Waals surface area contributed by atoms with Crippen LogP contribution in [-0.4, -0.2) is 29.4 Å². The van der Waals surface area contributed by atoms with E-state index in [1.807, 2.05) is 12.1 Å². The molecular weight excluding hydrogens is 308 g/mol. The molecule has 6 heteroatoms. The third-order valence-electron chi connectivity index (χ3n) is 4.26. The Morgan fingerprint density at radius 3 is 2.75 bits per heavy atom. The molecule has 1 fully saturated rings. The zero-order valence-corrected chi connectivity index (χ0v) is 13.7. The van der Waals surface area contributed by atoms with Crippen LogP contribution in [0.3, 0.4) is 0 Å². The fraction of sp³-hybridized carbons (Fsp3) is 0.500. The molecule has 0 bridgehead atoms. The van der Waals surface area contributed by atoms with Gasteiger partial charge in [-0.05, 0) is 49.1 Å². The molecule has 1 aliphatic heterocycles. The summed E-state index contributed by atoms with van der Waals surface area (Å²) in [5.74, 6) is 3.90. The summed E-state index contributed by atoms with van der Waals surface area (Å²) in [6.45, 7) is 0. The molecule has 1 saturated heterocycles. The second-order valence-electron chi connectivity index (χ2n) is 6.28. The van der Waals surface area contributed by atoms with Crippen LogP contribution in [0, 0.1) is 5.92 Å². The van der Waals surface area contributed by atoms with Gasteiger partial charge in [-0.2, -0.15) is 5.10 Å². The van der Waals surface area contributed by atoms with Gasteiger partial charge in [-0.25, -0.2) is 0 Å². The number of esters is 1. The highest BCUT2D eigenvalue weighted by Crippen LogP contribution is 2.27. The fourth-order valence-electron chi connectivity index (χ4n) is 3.11. The molecule has 1 heterocycles. The highest BCUT2D eigenvalue weighted by atomic mass is 16.5. The topological polar surface area (TPSA) is 102 Å².